The predicted octanol–water partition coefficient (Wildman–Crippen LogP) is 1.61. The lowest BCUT2D eigenvalue weighted by Gasteiger charge is -2.24. The van der Waals surface area contributed by atoms with E-state index in [-0.39, 0.29) is 24.7 Å². The molecule has 1 aliphatic rings. The number of carbonyl (C=O) groups is 2. The minimum Gasteiger partial charge on any atom is -0.508 e. The summed E-state index contributed by atoms with van der Waals surface area (Å²) in [6.07, 6.45) is 5.01. The number of amides is 2. The molecule has 0 spiro atoms. The van der Waals surface area contributed by atoms with Gasteiger partial charge in [0.15, 0.2) is 0 Å². The van der Waals surface area contributed by atoms with Crippen molar-refractivity contribution in [3.05, 3.63) is 42.0 Å². The van der Waals surface area contributed by atoms with Crippen LogP contribution in [0.25, 0.3) is 0 Å². The van der Waals surface area contributed by atoms with Crippen molar-refractivity contribution in [1.82, 2.24) is 10.2 Å². The van der Waals surface area contributed by atoms with Crippen molar-refractivity contribution in [3.8, 4) is 5.75 Å². The lowest BCUT2D eigenvalue weighted by atomic mass is 9.99. The second-order valence-corrected chi connectivity index (χ2v) is 5.30. The van der Waals surface area contributed by atoms with Gasteiger partial charge in [-0.05, 0) is 30.5 Å². The topological polar surface area (TPSA) is 89.9 Å². The molecule has 1 aromatic carbocycles. The molecule has 1 atom stereocenters. The largest absolute Gasteiger partial charge is 0.508 e. The van der Waals surface area contributed by atoms with Crippen molar-refractivity contribution in [3.63, 3.8) is 0 Å². The summed E-state index contributed by atoms with van der Waals surface area (Å²) >= 11 is 0. The van der Waals surface area contributed by atoms with Gasteiger partial charge in [-0.2, -0.15) is 0 Å². The Morgan fingerprint density at radius 1 is 1.32 bits per heavy atom. The molecular weight excluding hydrogens is 284 g/mol. The molecule has 0 saturated heterocycles. The Hall–Kier alpha value is -2.50. The molecule has 6 heteroatoms. The van der Waals surface area contributed by atoms with Gasteiger partial charge in [0.1, 0.15) is 5.75 Å². The van der Waals surface area contributed by atoms with Gasteiger partial charge in [0.2, 0.25) is 0 Å². The molecule has 0 saturated carbocycles. The van der Waals surface area contributed by atoms with Crippen LogP contribution in [0.2, 0.25) is 0 Å². The number of nitrogens with one attached hydrogen (secondary N) is 1. The van der Waals surface area contributed by atoms with Gasteiger partial charge in [-0.15, -0.1) is 0 Å². The van der Waals surface area contributed by atoms with E-state index in [2.05, 4.69) is 5.32 Å². The van der Waals surface area contributed by atoms with Crippen LogP contribution in [-0.2, 0) is 11.2 Å². The highest BCUT2D eigenvalue weighted by Crippen LogP contribution is 2.15. The molecule has 0 radical (unpaired) electrons. The van der Waals surface area contributed by atoms with E-state index >= 15 is 0 Å². The lowest BCUT2D eigenvalue weighted by molar-refractivity contribution is -0.141. The maximum absolute atomic E-state index is 12.0. The van der Waals surface area contributed by atoms with Gasteiger partial charge in [-0.1, -0.05) is 24.3 Å². The fourth-order valence-electron chi connectivity index (χ4n) is 2.36. The first-order chi connectivity index (χ1) is 10.6. The third-order valence-corrected chi connectivity index (χ3v) is 3.59. The van der Waals surface area contributed by atoms with Gasteiger partial charge in [0.05, 0.1) is 5.92 Å². The average Bonchev–Trinajstić information content (AvgIpc) is 2.51. The van der Waals surface area contributed by atoms with E-state index in [1.54, 1.807) is 17.0 Å². The summed E-state index contributed by atoms with van der Waals surface area (Å²) in [6.45, 7) is 1.26. The monoisotopic (exact) mass is 304 g/mol. The van der Waals surface area contributed by atoms with Gasteiger partial charge in [-0.25, -0.2) is 4.79 Å². The number of rotatable bonds is 5. The summed E-state index contributed by atoms with van der Waals surface area (Å²) in [4.78, 5) is 25.0. The number of aromatic hydroxyl groups is 1. The third-order valence-electron chi connectivity index (χ3n) is 3.59. The average molecular weight is 304 g/mol. The van der Waals surface area contributed by atoms with E-state index < -0.39 is 11.9 Å². The summed E-state index contributed by atoms with van der Waals surface area (Å²) in [5, 5.41) is 21.4. The highest BCUT2D eigenvalue weighted by molar-refractivity contribution is 5.76. The second kappa shape index (κ2) is 7.49. The number of carbonyl (C=O) groups excluding carboxylic acids is 1. The molecule has 118 valence electrons. The summed E-state index contributed by atoms with van der Waals surface area (Å²) in [7, 11) is 0. The van der Waals surface area contributed by atoms with Crippen LogP contribution >= 0.6 is 0 Å². The number of nitrogens with zero attached hydrogens (tertiary/aromatic N) is 1. The van der Waals surface area contributed by atoms with E-state index in [9.17, 15) is 19.8 Å². The third kappa shape index (κ3) is 4.51. The number of hydrogen-bond acceptors (Lipinski definition) is 3. The molecule has 0 aliphatic carbocycles. The highest BCUT2D eigenvalue weighted by atomic mass is 16.4. The van der Waals surface area contributed by atoms with Crippen LogP contribution in [-0.4, -0.2) is 46.7 Å². The van der Waals surface area contributed by atoms with Crippen LogP contribution in [0.1, 0.15) is 12.0 Å². The fraction of sp³-hybridized carbons (Fsp3) is 0.375. The number of phenols is 1. The minimum atomic E-state index is -0.970. The van der Waals surface area contributed by atoms with Crippen LogP contribution < -0.4 is 5.32 Å². The van der Waals surface area contributed by atoms with Gasteiger partial charge in [0.25, 0.3) is 0 Å². The Morgan fingerprint density at radius 2 is 2.14 bits per heavy atom. The Morgan fingerprint density at radius 3 is 2.77 bits per heavy atom. The van der Waals surface area contributed by atoms with Crippen molar-refractivity contribution in [2.24, 2.45) is 5.92 Å². The van der Waals surface area contributed by atoms with Crippen molar-refractivity contribution in [1.29, 1.82) is 0 Å². The smallest absolute Gasteiger partial charge is 0.317 e. The molecule has 2 rings (SSSR count). The van der Waals surface area contributed by atoms with E-state index in [4.69, 9.17) is 0 Å². The van der Waals surface area contributed by atoms with Gasteiger partial charge >= 0.3 is 12.0 Å². The molecule has 6 nitrogen and oxygen atoms in total. The number of hydrogen-bond donors (Lipinski definition) is 3. The minimum absolute atomic E-state index is 0.0596. The Labute approximate surface area is 129 Å². The zero-order chi connectivity index (χ0) is 15.9. The Bertz CT molecular complexity index is 571. The maximum atomic E-state index is 12.0. The van der Waals surface area contributed by atoms with Gasteiger partial charge in [-0.3, -0.25) is 4.79 Å². The van der Waals surface area contributed by atoms with E-state index in [0.717, 1.165) is 12.0 Å². The standard InChI is InChI=1S/C16H20N2O4/c19-14-6-4-5-12(10-14)9-13(15(20)21)11-17-16(22)18-7-2-1-3-8-18/h1-2,4-6,10,13,19H,3,7-9,11H2,(H,17,22)(H,20,21). The number of phenolic OH excluding ortho intramolecular Hbond substituents is 1. The van der Waals surface area contributed by atoms with Gasteiger partial charge in [0, 0.05) is 19.6 Å². The number of carboxylic acid groups (broad SMARTS) is 1. The summed E-state index contributed by atoms with van der Waals surface area (Å²) < 4.78 is 0. The zero-order valence-electron chi connectivity index (χ0n) is 12.2. The van der Waals surface area contributed by atoms with Crippen LogP contribution in [0.5, 0.6) is 5.75 Å². The van der Waals surface area contributed by atoms with E-state index in [1.165, 1.54) is 12.1 Å². The van der Waals surface area contributed by atoms with Crippen LogP contribution in [0.15, 0.2) is 36.4 Å². The van der Waals surface area contributed by atoms with Crippen LogP contribution in [0, 0.1) is 5.92 Å². The molecular formula is C16H20N2O4. The molecule has 1 aromatic rings. The quantitative estimate of drug-likeness (QED) is 0.721. The van der Waals surface area contributed by atoms with E-state index in [0.29, 0.717) is 13.1 Å². The fourth-order valence-corrected chi connectivity index (χ4v) is 2.36. The number of carboxylic acids is 1. The predicted molar refractivity (Wildman–Crippen MR) is 81.7 cm³/mol. The summed E-state index contributed by atoms with van der Waals surface area (Å²) in [5.41, 5.74) is 0.725. The zero-order valence-corrected chi connectivity index (χ0v) is 12.2. The summed E-state index contributed by atoms with van der Waals surface area (Å²) in [5.74, 6) is -1.60. The van der Waals surface area contributed by atoms with Crippen molar-refractivity contribution < 1.29 is 19.8 Å². The van der Waals surface area contributed by atoms with Crippen molar-refractivity contribution in [2.45, 2.75) is 12.8 Å². The molecule has 2 amide bonds. The Kier molecular flexibility index (Phi) is 5.41. The lowest BCUT2D eigenvalue weighted by Crippen LogP contribution is -2.44. The summed E-state index contributed by atoms with van der Waals surface area (Å²) in [6, 6.07) is 6.25. The SMILES string of the molecule is O=C(O)C(CNC(=O)N1CC=CCC1)Cc1cccc(O)c1. The van der Waals surface area contributed by atoms with Crippen molar-refractivity contribution >= 4 is 12.0 Å². The molecule has 1 unspecified atom stereocenters. The molecule has 0 aromatic heterocycles. The van der Waals surface area contributed by atoms with E-state index in [1.807, 2.05) is 12.2 Å². The second-order valence-electron chi connectivity index (χ2n) is 5.30. The first kappa shape index (κ1) is 15.9. The first-order valence-electron chi connectivity index (χ1n) is 7.24. The van der Waals surface area contributed by atoms with Crippen LogP contribution in [0.4, 0.5) is 4.79 Å². The maximum Gasteiger partial charge on any atom is 0.317 e. The normalized spacial score (nSPS) is 15.4. The van der Waals surface area contributed by atoms with Crippen molar-refractivity contribution in [2.75, 3.05) is 19.6 Å². The molecule has 0 bridgehead atoms. The molecule has 0 fully saturated rings. The van der Waals surface area contributed by atoms with Gasteiger partial charge < -0.3 is 20.4 Å². The molecule has 1 heterocycles. The number of urea groups is 1. The molecule has 3 N–H and O–H groups in total. The number of benzene rings is 1. The highest BCUT2D eigenvalue weighted by Gasteiger charge is 2.21. The van der Waals surface area contributed by atoms with Crippen LogP contribution in [0.3, 0.4) is 0 Å². The number of aliphatic carboxylic acids is 1. The first-order valence-corrected chi connectivity index (χ1v) is 7.24. The molecule has 1 aliphatic heterocycles. The Balaban J connectivity index is 1.90. The molecule has 22 heavy (non-hydrogen) atoms.